The quantitative estimate of drug-likeness (QED) is 0.0420. The normalized spacial score (nSPS) is 16.9. The van der Waals surface area contributed by atoms with Crippen LogP contribution in [0.2, 0.25) is 0 Å². The van der Waals surface area contributed by atoms with Gasteiger partial charge in [0, 0.05) is 139 Å². The van der Waals surface area contributed by atoms with E-state index in [0.717, 1.165) is 22.3 Å². The molecule has 18 rings (SSSR count). The average Bonchev–Trinajstić information content (AvgIpc) is 1.14. The lowest BCUT2D eigenvalue weighted by Crippen LogP contribution is -2.46. The lowest BCUT2D eigenvalue weighted by Gasteiger charge is -2.28. The van der Waals surface area contributed by atoms with Crippen molar-refractivity contribution in [3.8, 4) is 23.0 Å². The molecule has 0 unspecified atom stereocenters. The number of thioether (sulfide) groups is 1. The number of hydrogen-bond donors (Lipinski definition) is 7. The molecule has 1 saturated heterocycles. The Morgan fingerprint density at radius 3 is 1.06 bits per heavy atom. The van der Waals surface area contributed by atoms with Gasteiger partial charge in [0.1, 0.15) is 30.7 Å². The molecular formula is C83H91N11O12S2. The molecule has 23 nitrogen and oxygen atoms in total. The predicted molar refractivity (Wildman–Crippen MR) is 420 cm³/mol. The number of carbonyl (C=O) groups is 8. The molecule has 0 aliphatic carbocycles. The molecule has 0 aromatic heterocycles. The van der Waals surface area contributed by atoms with Crippen LogP contribution < -0.4 is 56.2 Å². The first-order valence-electron chi connectivity index (χ1n) is 36.3. The van der Waals surface area contributed by atoms with Crippen molar-refractivity contribution in [1.29, 1.82) is 0 Å². The third-order valence-corrected chi connectivity index (χ3v) is 20.8. The van der Waals surface area contributed by atoms with E-state index < -0.39 is 23.6 Å². The topological polar surface area (TPSA) is 271 Å². The van der Waals surface area contributed by atoms with E-state index in [-0.39, 0.29) is 161 Å². The summed E-state index contributed by atoms with van der Waals surface area (Å²) in [6, 6.07) is 50.5. The lowest BCUT2D eigenvalue weighted by atomic mass is 9.97. The fraction of sp³-hybridized carbons (Fsp3) is 0.313. The molecule has 0 saturated carbocycles. The van der Waals surface area contributed by atoms with E-state index in [2.05, 4.69) is 47.0 Å². The van der Waals surface area contributed by atoms with Gasteiger partial charge in [0.25, 0.3) is 47.3 Å². The summed E-state index contributed by atoms with van der Waals surface area (Å²) in [6.45, 7) is 11.3. The lowest BCUT2D eigenvalue weighted by molar-refractivity contribution is 0.0850. The van der Waals surface area contributed by atoms with Gasteiger partial charge in [-0.3, -0.25) is 58.0 Å². The second-order valence-electron chi connectivity index (χ2n) is 26.4. The highest BCUT2D eigenvalue weighted by Gasteiger charge is 2.33. The number of nitrogens with one attached hydrogen (secondary N) is 7. The van der Waals surface area contributed by atoms with Crippen LogP contribution in [0.4, 0.5) is 0 Å². The summed E-state index contributed by atoms with van der Waals surface area (Å²) >= 11 is 7.04. The Bertz CT molecular complexity index is 4460. The molecule has 10 aliphatic heterocycles. The molecule has 108 heavy (non-hydrogen) atoms. The van der Waals surface area contributed by atoms with Crippen LogP contribution in [0.3, 0.4) is 0 Å². The SMILES string of the molecule is Cc1c2ccc(c1C)C(=O)NCCN1CCNC(=O)c3ccc(c(C)c3C)C(=O)NCCN(CCNC2=O)CCNC(=O)c2ccc(c(OCc3ccccc3)c2OCc2ccccc2)C(=O)NCCN(CCNC(=O)c2ccc(C(=O)N3CCSC3=S)c(OCc3ccccc3)c2OCc2ccccc2)CC1. The Kier molecular flexibility index (Phi) is 27.9. The van der Waals surface area contributed by atoms with Crippen molar-refractivity contribution in [2.45, 2.75) is 54.1 Å². The van der Waals surface area contributed by atoms with Crippen LogP contribution in [0.5, 0.6) is 23.0 Å². The van der Waals surface area contributed by atoms with Crippen molar-refractivity contribution in [2.24, 2.45) is 0 Å². The molecule has 0 spiro atoms. The Balaban J connectivity index is 0.950. The van der Waals surface area contributed by atoms with E-state index in [0.29, 0.717) is 100 Å². The second-order valence-corrected chi connectivity index (χ2v) is 28.2. The van der Waals surface area contributed by atoms with Gasteiger partial charge in [-0.1, -0.05) is 145 Å². The number of hydrogen-bond acceptors (Lipinski definition) is 17. The maximum atomic E-state index is 15.1. The highest BCUT2D eigenvalue weighted by molar-refractivity contribution is 8.23. The van der Waals surface area contributed by atoms with E-state index >= 15 is 9.59 Å². The predicted octanol–water partition coefficient (Wildman–Crippen LogP) is 8.85. The molecule has 1 fully saturated rings. The Morgan fingerprint density at radius 2 is 0.694 bits per heavy atom. The van der Waals surface area contributed by atoms with Crippen LogP contribution in [-0.4, -0.2) is 188 Å². The van der Waals surface area contributed by atoms with E-state index in [4.69, 9.17) is 31.2 Å². The summed E-state index contributed by atoms with van der Waals surface area (Å²) in [7, 11) is 0. The molecule has 10 heterocycles. The van der Waals surface area contributed by atoms with E-state index in [1.165, 1.54) is 16.7 Å². The van der Waals surface area contributed by atoms with Gasteiger partial charge in [0.15, 0.2) is 23.0 Å². The number of fused-ring (bicyclic) bond motifs is 1. The molecule has 25 heteroatoms. The zero-order chi connectivity index (χ0) is 75.9. The minimum absolute atomic E-state index is 0.00549. The van der Waals surface area contributed by atoms with Crippen LogP contribution in [0, 0.1) is 27.7 Å². The Morgan fingerprint density at radius 1 is 0.380 bits per heavy atom. The number of nitrogens with zero attached hydrogens (tertiary/aromatic N) is 4. The van der Waals surface area contributed by atoms with Gasteiger partial charge >= 0.3 is 0 Å². The molecule has 8 amide bonds. The minimum atomic E-state index is -0.529. The van der Waals surface area contributed by atoms with Crippen LogP contribution in [0.1, 0.15) is 127 Å². The fourth-order valence-electron chi connectivity index (χ4n) is 12.9. The number of carbonyl (C=O) groups excluding carboxylic acids is 8. The fourth-order valence-corrected chi connectivity index (χ4v) is 14.1. The standard InChI is InChI=1S/C83H91N11O12S2/c1-55-57(3)65-27-25-63(55)75(95)84-33-40-91-41-34-85-76(96)64-26-28-66(58(4)56(64)2)78(98)87-37-44-92(43-36-86-77(65)97)47-48-93(45-38-89-80(100)68-30-29-67(79(99)88-35-42-91)71(103-51-59-17-9-5-10-18-59)72(68)104-52-60-19-11-6-12-20-60)46-39-90-81(101)69-31-32-70(82(102)94-49-50-108-83(94)107)74(106-54-62-23-15-8-16-24-62)73(69)105-53-61-21-13-7-14-22-61/h5-32H,33-54H2,1-4H3,(H,84,95)(H,85,96)(H,86,97)(H,87,98)(H,88,99)(H,89,100)(H,90,101). The average molecular weight is 1500 g/mol. The number of ether oxygens (including phenoxy) is 4. The molecular weight excluding hydrogens is 1410 g/mol. The zero-order valence-corrected chi connectivity index (χ0v) is 62.9. The molecule has 10 aliphatic rings. The van der Waals surface area contributed by atoms with Crippen LogP contribution >= 0.6 is 24.0 Å². The molecule has 0 atom stereocenters. The van der Waals surface area contributed by atoms with Crippen molar-refractivity contribution >= 4 is 75.6 Å². The maximum absolute atomic E-state index is 15.1. The molecule has 0 radical (unpaired) electrons. The first-order chi connectivity index (χ1) is 52.5. The first-order valence-corrected chi connectivity index (χ1v) is 37.7. The summed E-state index contributed by atoms with van der Waals surface area (Å²) in [4.78, 5) is 124. The maximum Gasteiger partial charge on any atom is 0.263 e. The van der Waals surface area contributed by atoms with Crippen LogP contribution in [0.15, 0.2) is 170 Å². The van der Waals surface area contributed by atoms with Gasteiger partial charge in [0.05, 0.1) is 22.3 Å². The van der Waals surface area contributed by atoms with Gasteiger partial charge in [-0.15, -0.1) is 0 Å². The van der Waals surface area contributed by atoms with Gasteiger partial charge in [0.2, 0.25) is 0 Å². The zero-order valence-electron chi connectivity index (χ0n) is 61.2. The van der Waals surface area contributed by atoms with Gasteiger partial charge in [-0.25, -0.2) is 0 Å². The van der Waals surface area contributed by atoms with Gasteiger partial charge < -0.3 is 56.2 Å². The third kappa shape index (κ3) is 20.6. The Hall–Kier alpha value is -11.0. The summed E-state index contributed by atoms with van der Waals surface area (Å²) in [5, 5.41) is 21.6. The summed E-state index contributed by atoms with van der Waals surface area (Å²) in [5.41, 5.74) is 7.79. The molecule has 562 valence electrons. The highest BCUT2D eigenvalue weighted by atomic mass is 32.2. The van der Waals surface area contributed by atoms with E-state index in [9.17, 15) is 28.8 Å². The van der Waals surface area contributed by atoms with Crippen molar-refractivity contribution in [1.82, 2.24) is 56.8 Å². The number of amides is 8. The first kappa shape index (κ1) is 78.1. The molecule has 8 aromatic carbocycles. The summed E-state index contributed by atoms with van der Waals surface area (Å²) in [5.74, 6) is -2.47. The van der Waals surface area contributed by atoms with Crippen molar-refractivity contribution < 1.29 is 57.3 Å². The molecule has 7 N–H and O–H groups in total. The second kappa shape index (κ2) is 38.5. The van der Waals surface area contributed by atoms with Gasteiger partial charge in [-0.2, -0.15) is 0 Å². The highest BCUT2D eigenvalue weighted by Crippen LogP contribution is 2.40. The van der Waals surface area contributed by atoms with Crippen molar-refractivity contribution in [3.05, 3.63) is 259 Å². The number of benzene rings is 8. The largest absolute Gasteiger partial charge is 0.484 e. The van der Waals surface area contributed by atoms with Crippen LogP contribution in [-0.2, 0) is 26.4 Å². The van der Waals surface area contributed by atoms with E-state index in [1.54, 1.807) is 76.2 Å². The summed E-state index contributed by atoms with van der Waals surface area (Å²) < 4.78 is 26.9. The van der Waals surface area contributed by atoms with Crippen molar-refractivity contribution in [3.63, 3.8) is 0 Å². The minimum Gasteiger partial charge on any atom is -0.484 e. The monoisotopic (exact) mass is 1500 g/mol. The number of thiocarbonyl (C=S) groups is 1. The summed E-state index contributed by atoms with van der Waals surface area (Å²) in [6.07, 6.45) is 0. The molecule has 8 bridgehead atoms. The smallest absolute Gasteiger partial charge is 0.263 e. The third-order valence-electron chi connectivity index (χ3n) is 19.4. The van der Waals surface area contributed by atoms with Gasteiger partial charge in [-0.05, 0) is 121 Å². The Labute approximate surface area is 639 Å². The molecule has 8 aromatic rings. The van der Waals surface area contributed by atoms with Crippen LogP contribution in [0.25, 0.3) is 0 Å². The van der Waals surface area contributed by atoms with Crippen molar-refractivity contribution in [2.75, 3.05) is 117 Å². The number of rotatable bonds is 17. The van der Waals surface area contributed by atoms with E-state index in [1.807, 2.05) is 126 Å².